The van der Waals surface area contributed by atoms with E-state index in [-0.39, 0.29) is 12.0 Å². The first kappa shape index (κ1) is 19.3. The molecule has 1 fully saturated rings. The van der Waals surface area contributed by atoms with Crippen LogP contribution in [0.5, 0.6) is 0 Å². The molecule has 0 radical (unpaired) electrons. The molecule has 0 aliphatic carbocycles. The molecule has 1 heterocycles. The van der Waals surface area contributed by atoms with E-state index < -0.39 is 11.0 Å². The molecule has 1 saturated heterocycles. The van der Waals surface area contributed by atoms with Gasteiger partial charge in [0.1, 0.15) is 5.60 Å². The van der Waals surface area contributed by atoms with Gasteiger partial charge in [-0.25, -0.2) is 4.79 Å². The van der Waals surface area contributed by atoms with E-state index in [2.05, 4.69) is 12.1 Å². The molecule has 2 rings (SSSR count). The maximum absolute atomic E-state index is 12.9. The van der Waals surface area contributed by atoms with Crippen molar-refractivity contribution in [2.45, 2.75) is 46.6 Å². The van der Waals surface area contributed by atoms with E-state index in [9.17, 15) is 9.59 Å². The number of carbonyl (C=O) groups is 2. The molecule has 0 unspecified atom stereocenters. The Morgan fingerprint density at radius 1 is 0.920 bits per heavy atom. The second-order valence-corrected chi connectivity index (χ2v) is 8.31. The van der Waals surface area contributed by atoms with E-state index in [1.165, 1.54) is 0 Å². The summed E-state index contributed by atoms with van der Waals surface area (Å²) >= 11 is 0. The van der Waals surface area contributed by atoms with Gasteiger partial charge in [0.2, 0.25) is 5.91 Å². The third kappa shape index (κ3) is 5.48. The molecule has 1 aromatic rings. The van der Waals surface area contributed by atoms with Crippen molar-refractivity contribution in [2.24, 2.45) is 5.41 Å². The van der Waals surface area contributed by atoms with Gasteiger partial charge in [0.05, 0.1) is 0 Å². The SMILES string of the molecule is CC(C)(C)OC(=O)N1CCN(C(=O)C(C)(C)Cc2ccccc2)CC1. The highest BCUT2D eigenvalue weighted by Crippen LogP contribution is 2.25. The van der Waals surface area contributed by atoms with Gasteiger partial charge >= 0.3 is 6.09 Å². The first-order valence-electron chi connectivity index (χ1n) is 8.90. The molecule has 138 valence electrons. The van der Waals surface area contributed by atoms with Crippen LogP contribution in [0.2, 0.25) is 0 Å². The monoisotopic (exact) mass is 346 g/mol. The molecule has 5 heteroatoms. The summed E-state index contributed by atoms with van der Waals surface area (Å²) in [6.45, 7) is 11.7. The number of nitrogens with zero attached hydrogens (tertiary/aromatic N) is 2. The maximum Gasteiger partial charge on any atom is 0.410 e. The molecular weight excluding hydrogens is 316 g/mol. The first-order valence-corrected chi connectivity index (χ1v) is 8.90. The van der Waals surface area contributed by atoms with Gasteiger partial charge < -0.3 is 14.5 Å². The Bertz CT molecular complexity index is 597. The Morgan fingerprint density at radius 2 is 1.44 bits per heavy atom. The predicted molar refractivity (Wildman–Crippen MR) is 98.3 cm³/mol. The molecule has 0 spiro atoms. The summed E-state index contributed by atoms with van der Waals surface area (Å²) in [5, 5.41) is 0. The van der Waals surface area contributed by atoms with Gasteiger partial charge in [0, 0.05) is 31.6 Å². The van der Waals surface area contributed by atoms with Gasteiger partial charge in [-0.1, -0.05) is 44.2 Å². The minimum absolute atomic E-state index is 0.139. The summed E-state index contributed by atoms with van der Waals surface area (Å²) in [6, 6.07) is 10.1. The predicted octanol–water partition coefficient (Wildman–Crippen LogP) is 3.33. The van der Waals surface area contributed by atoms with Crippen molar-refractivity contribution in [3.05, 3.63) is 35.9 Å². The van der Waals surface area contributed by atoms with Crippen molar-refractivity contribution in [2.75, 3.05) is 26.2 Å². The lowest BCUT2D eigenvalue weighted by Gasteiger charge is -2.39. The molecule has 0 aromatic heterocycles. The second-order valence-electron chi connectivity index (χ2n) is 8.31. The number of rotatable bonds is 3. The Labute approximate surface area is 150 Å². The van der Waals surface area contributed by atoms with Crippen LogP contribution in [-0.4, -0.2) is 53.6 Å². The summed E-state index contributed by atoms with van der Waals surface area (Å²) in [5.74, 6) is 0.139. The lowest BCUT2D eigenvalue weighted by molar-refractivity contribution is -0.142. The zero-order valence-corrected chi connectivity index (χ0v) is 16.0. The Kier molecular flexibility index (Phi) is 5.76. The number of amides is 2. The largest absolute Gasteiger partial charge is 0.444 e. The third-order valence-electron chi connectivity index (χ3n) is 4.29. The van der Waals surface area contributed by atoms with Crippen LogP contribution in [-0.2, 0) is 16.0 Å². The van der Waals surface area contributed by atoms with Crippen molar-refractivity contribution in [3.63, 3.8) is 0 Å². The number of piperazine rings is 1. The molecule has 0 N–H and O–H groups in total. The standard InChI is InChI=1S/C20H30N2O3/c1-19(2,3)25-18(24)22-13-11-21(12-14-22)17(23)20(4,5)15-16-9-7-6-8-10-16/h6-10H,11-15H2,1-5H3. The van der Waals surface area contributed by atoms with Gasteiger partial charge in [0.25, 0.3) is 0 Å². The van der Waals surface area contributed by atoms with E-state index in [0.717, 1.165) is 5.56 Å². The summed E-state index contributed by atoms with van der Waals surface area (Å²) in [5.41, 5.74) is 0.199. The number of ether oxygens (including phenoxy) is 1. The zero-order chi connectivity index (χ0) is 18.7. The summed E-state index contributed by atoms with van der Waals surface area (Å²) in [7, 11) is 0. The van der Waals surface area contributed by atoms with Crippen LogP contribution in [0.1, 0.15) is 40.2 Å². The highest BCUT2D eigenvalue weighted by atomic mass is 16.6. The molecule has 1 aliphatic rings. The van der Waals surface area contributed by atoms with Crippen molar-refractivity contribution < 1.29 is 14.3 Å². The molecule has 1 aliphatic heterocycles. The highest BCUT2D eigenvalue weighted by Gasteiger charge is 2.35. The number of carbonyl (C=O) groups excluding carboxylic acids is 2. The third-order valence-corrected chi connectivity index (χ3v) is 4.29. The lowest BCUT2D eigenvalue weighted by atomic mass is 9.84. The summed E-state index contributed by atoms with van der Waals surface area (Å²) < 4.78 is 5.40. The van der Waals surface area contributed by atoms with Crippen LogP contribution >= 0.6 is 0 Å². The Balaban J connectivity index is 1.91. The van der Waals surface area contributed by atoms with Gasteiger partial charge in [-0.05, 0) is 32.8 Å². The van der Waals surface area contributed by atoms with E-state index in [1.54, 1.807) is 4.90 Å². The lowest BCUT2D eigenvalue weighted by Crippen LogP contribution is -2.54. The van der Waals surface area contributed by atoms with Crippen molar-refractivity contribution in [1.29, 1.82) is 0 Å². The van der Waals surface area contributed by atoms with E-state index in [0.29, 0.717) is 32.6 Å². The topological polar surface area (TPSA) is 49.9 Å². The molecule has 5 nitrogen and oxygen atoms in total. The van der Waals surface area contributed by atoms with E-state index in [1.807, 2.05) is 57.7 Å². The Hall–Kier alpha value is -2.04. The van der Waals surface area contributed by atoms with Crippen LogP contribution in [0.3, 0.4) is 0 Å². The van der Waals surface area contributed by atoms with Crippen LogP contribution in [0, 0.1) is 5.41 Å². The average molecular weight is 346 g/mol. The fourth-order valence-corrected chi connectivity index (χ4v) is 3.03. The fraction of sp³-hybridized carbons (Fsp3) is 0.600. The number of hydrogen-bond acceptors (Lipinski definition) is 3. The molecule has 25 heavy (non-hydrogen) atoms. The molecule has 2 amide bonds. The van der Waals surface area contributed by atoms with Crippen molar-refractivity contribution >= 4 is 12.0 Å². The number of benzene rings is 1. The molecular formula is C20H30N2O3. The van der Waals surface area contributed by atoms with Gasteiger partial charge in [-0.3, -0.25) is 4.79 Å². The summed E-state index contributed by atoms with van der Waals surface area (Å²) in [4.78, 5) is 28.6. The Morgan fingerprint density at radius 3 is 1.96 bits per heavy atom. The fourth-order valence-electron chi connectivity index (χ4n) is 3.03. The molecule has 0 saturated carbocycles. The van der Waals surface area contributed by atoms with E-state index >= 15 is 0 Å². The normalized spacial score (nSPS) is 15.9. The van der Waals surface area contributed by atoms with Gasteiger partial charge in [-0.15, -0.1) is 0 Å². The average Bonchev–Trinajstić information content (AvgIpc) is 2.53. The molecule has 1 aromatic carbocycles. The van der Waals surface area contributed by atoms with Gasteiger partial charge in [-0.2, -0.15) is 0 Å². The summed E-state index contributed by atoms with van der Waals surface area (Å²) in [6.07, 6.45) is 0.405. The molecule has 0 atom stereocenters. The van der Waals surface area contributed by atoms with Crippen molar-refractivity contribution in [1.82, 2.24) is 9.80 Å². The number of hydrogen-bond donors (Lipinski definition) is 0. The van der Waals surface area contributed by atoms with Crippen LogP contribution in [0.15, 0.2) is 30.3 Å². The first-order chi connectivity index (χ1) is 11.6. The minimum Gasteiger partial charge on any atom is -0.444 e. The van der Waals surface area contributed by atoms with Crippen LogP contribution in [0.25, 0.3) is 0 Å². The maximum atomic E-state index is 12.9. The van der Waals surface area contributed by atoms with Crippen LogP contribution < -0.4 is 0 Å². The van der Waals surface area contributed by atoms with Crippen molar-refractivity contribution in [3.8, 4) is 0 Å². The minimum atomic E-state index is -0.498. The zero-order valence-electron chi connectivity index (χ0n) is 16.0. The smallest absolute Gasteiger partial charge is 0.410 e. The second kappa shape index (κ2) is 7.46. The molecule has 0 bridgehead atoms. The van der Waals surface area contributed by atoms with Gasteiger partial charge in [0.15, 0.2) is 0 Å². The quantitative estimate of drug-likeness (QED) is 0.843. The van der Waals surface area contributed by atoms with Crippen LogP contribution in [0.4, 0.5) is 4.79 Å². The van der Waals surface area contributed by atoms with E-state index in [4.69, 9.17) is 4.74 Å². The highest BCUT2D eigenvalue weighted by molar-refractivity contribution is 5.82.